The van der Waals surface area contributed by atoms with E-state index in [2.05, 4.69) is 5.32 Å². The van der Waals surface area contributed by atoms with Crippen molar-refractivity contribution < 1.29 is 14.7 Å². The first-order chi connectivity index (χ1) is 9.40. The van der Waals surface area contributed by atoms with Crippen molar-refractivity contribution in [2.75, 3.05) is 20.1 Å². The highest BCUT2D eigenvalue weighted by Crippen LogP contribution is 2.02. The minimum absolute atomic E-state index is 0.0387. The molecular formula is C15H22N2O3. The third-order valence-electron chi connectivity index (χ3n) is 3.02. The zero-order valence-electron chi connectivity index (χ0n) is 12.2. The fourth-order valence-corrected chi connectivity index (χ4v) is 1.60. The van der Waals surface area contributed by atoms with E-state index in [0.717, 1.165) is 5.56 Å². The summed E-state index contributed by atoms with van der Waals surface area (Å²) in [5.74, 6) is -0.437. The number of amides is 2. The van der Waals surface area contributed by atoms with Crippen LogP contribution in [-0.4, -0.2) is 48.1 Å². The van der Waals surface area contributed by atoms with Crippen LogP contribution in [0.5, 0.6) is 0 Å². The Morgan fingerprint density at radius 2 is 1.90 bits per heavy atom. The normalized spacial score (nSPS) is 11.8. The van der Waals surface area contributed by atoms with Gasteiger partial charge >= 0.3 is 0 Å². The van der Waals surface area contributed by atoms with Gasteiger partial charge in [-0.1, -0.05) is 17.7 Å². The summed E-state index contributed by atoms with van der Waals surface area (Å²) < 4.78 is 0. The summed E-state index contributed by atoms with van der Waals surface area (Å²) in [5, 5.41) is 11.8. The van der Waals surface area contributed by atoms with Crippen LogP contribution < -0.4 is 5.32 Å². The lowest BCUT2D eigenvalue weighted by Crippen LogP contribution is -2.39. The number of hydrogen-bond donors (Lipinski definition) is 2. The van der Waals surface area contributed by atoms with Crippen LogP contribution in [-0.2, 0) is 4.79 Å². The minimum Gasteiger partial charge on any atom is -0.393 e. The molecule has 20 heavy (non-hydrogen) atoms. The lowest BCUT2D eigenvalue weighted by molar-refractivity contribution is -0.129. The zero-order chi connectivity index (χ0) is 15.1. The number of carbonyl (C=O) groups is 2. The molecule has 0 saturated heterocycles. The predicted molar refractivity (Wildman–Crippen MR) is 77.4 cm³/mol. The Kier molecular flexibility index (Phi) is 6.18. The van der Waals surface area contributed by atoms with Gasteiger partial charge in [-0.05, 0) is 32.4 Å². The summed E-state index contributed by atoms with van der Waals surface area (Å²) in [5.41, 5.74) is 1.62. The summed E-state index contributed by atoms with van der Waals surface area (Å²) in [6, 6.07) is 7.16. The lowest BCUT2D eigenvalue weighted by Gasteiger charge is -2.18. The fraction of sp³-hybridized carbons (Fsp3) is 0.467. The van der Waals surface area contributed by atoms with Crippen molar-refractivity contribution in [1.82, 2.24) is 10.2 Å². The molecule has 0 aliphatic carbocycles. The molecule has 0 saturated carbocycles. The van der Waals surface area contributed by atoms with Gasteiger partial charge in [0.2, 0.25) is 5.91 Å². The molecule has 5 heteroatoms. The van der Waals surface area contributed by atoms with Crippen LogP contribution in [0.25, 0.3) is 0 Å². The SMILES string of the molecule is Cc1ccc(C(=O)NCC(=O)N(C)CCC(C)O)cc1. The molecule has 110 valence electrons. The molecule has 0 heterocycles. The fourth-order valence-electron chi connectivity index (χ4n) is 1.60. The number of nitrogens with zero attached hydrogens (tertiary/aromatic N) is 1. The standard InChI is InChI=1S/C15H22N2O3/c1-11-4-6-13(7-5-11)15(20)16-10-14(19)17(3)9-8-12(2)18/h4-7,12,18H,8-10H2,1-3H3,(H,16,20). The highest BCUT2D eigenvalue weighted by molar-refractivity contribution is 5.96. The van der Waals surface area contributed by atoms with Gasteiger partial charge < -0.3 is 15.3 Å². The highest BCUT2D eigenvalue weighted by Gasteiger charge is 2.12. The first-order valence-corrected chi connectivity index (χ1v) is 6.67. The topological polar surface area (TPSA) is 69.6 Å². The second-order valence-electron chi connectivity index (χ2n) is 5.00. The summed E-state index contributed by atoms with van der Waals surface area (Å²) in [6.07, 6.45) is 0.0844. The molecule has 0 aliphatic rings. The van der Waals surface area contributed by atoms with E-state index < -0.39 is 6.10 Å². The molecule has 0 spiro atoms. The summed E-state index contributed by atoms with van der Waals surface area (Å²) >= 11 is 0. The number of likely N-dealkylation sites (N-methyl/N-ethyl adjacent to an activating group) is 1. The third kappa shape index (κ3) is 5.40. The van der Waals surface area contributed by atoms with Crippen molar-refractivity contribution in [1.29, 1.82) is 0 Å². The van der Waals surface area contributed by atoms with Crippen molar-refractivity contribution in [2.24, 2.45) is 0 Å². The maximum atomic E-state index is 11.8. The molecule has 1 atom stereocenters. The van der Waals surface area contributed by atoms with E-state index in [1.807, 2.05) is 19.1 Å². The molecule has 0 aromatic heterocycles. The molecule has 1 rings (SSSR count). The average Bonchev–Trinajstić information content (AvgIpc) is 2.42. The van der Waals surface area contributed by atoms with Gasteiger partial charge in [0.05, 0.1) is 12.6 Å². The Morgan fingerprint density at radius 1 is 1.30 bits per heavy atom. The van der Waals surface area contributed by atoms with E-state index in [-0.39, 0.29) is 18.4 Å². The molecule has 0 aliphatic heterocycles. The second-order valence-corrected chi connectivity index (χ2v) is 5.00. The molecule has 0 radical (unpaired) electrons. The van der Waals surface area contributed by atoms with Crippen molar-refractivity contribution in [3.05, 3.63) is 35.4 Å². The molecule has 1 unspecified atom stereocenters. The van der Waals surface area contributed by atoms with Crippen molar-refractivity contribution in [2.45, 2.75) is 26.4 Å². The van der Waals surface area contributed by atoms with Crippen LogP contribution in [0.2, 0.25) is 0 Å². The lowest BCUT2D eigenvalue weighted by atomic mass is 10.1. The Balaban J connectivity index is 2.40. The maximum Gasteiger partial charge on any atom is 0.251 e. The molecule has 2 amide bonds. The Labute approximate surface area is 119 Å². The molecule has 2 N–H and O–H groups in total. The van der Waals surface area contributed by atoms with Crippen molar-refractivity contribution >= 4 is 11.8 Å². The molecule has 0 fully saturated rings. The minimum atomic E-state index is -0.438. The van der Waals surface area contributed by atoms with Gasteiger partial charge in [-0.3, -0.25) is 9.59 Å². The summed E-state index contributed by atoms with van der Waals surface area (Å²) in [4.78, 5) is 25.1. The predicted octanol–water partition coefficient (Wildman–Crippen LogP) is 0.954. The van der Waals surface area contributed by atoms with Crippen LogP contribution in [0.4, 0.5) is 0 Å². The summed E-state index contributed by atoms with van der Waals surface area (Å²) in [7, 11) is 1.66. The van der Waals surface area contributed by atoms with Crippen LogP contribution in [0.3, 0.4) is 0 Å². The van der Waals surface area contributed by atoms with Gasteiger partial charge in [-0.2, -0.15) is 0 Å². The van der Waals surface area contributed by atoms with Gasteiger partial charge in [0.25, 0.3) is 5.91 Å². The molecule has 1 aromatic rings. The monoisotopic (exact) mass is 278 g/mol. The first kappa shape index (κ1) is 16.2. The van der Waals surface area contributed by atoms with Crippen LogP contribution >= 0.6 is 0 Å². The number of aryl methyl sites for hydroxylation is 1. The van der Waals surface area contributed by atoms with E-state index in [0.29, 0.717) is 18.5 Å². The number of benzene rings is 1. The highest BCUT2D eigenvalue weighted by atomic mass is 16.3. The first-order valence-electron chi connectivity index (χ1n) is 6.67. The Hall–Kier alpha value is -1.88. The largest absolute Gasteiger partial charge is 0.393 e. The van der Waals surface area contributed by atoms with Gasteiger partial charge in [0, 0.05) is 19.2 Å². The average molecular weight is 278 g/mol. The Morgan fingerprint density at radius 3 is 2.45 bits per heavy atom. The van der Waals surface area contributed by atoms with Crippen LogP contribution in [0, 0.1) is 6.92 Å². The van der Waals surface area contributed by atoms with Gasteiger partial charge in [-0.25, -0.2) is 0 Å². The van der Waals surface area contributed by atoms with Gasteiger partial charge in [0.1, 0.15) is 0 Å². The number of nitrogens with one attached hydrogen (secondary N) is 1. The third-order valence-corrected chi connectivity index (χ3v) is 3.02. The molecule has 5 nitrogen and oxygen atoms in total. The Bertz CT molecular complexity index is 455. The number of aliphatic hydroxyl groups excluding tert-OH is 1. The number of aliphatic hydroxyl groups is 1. The number of carbonyl (C=O) groups excluding carboxylic acids is 2. The number of rotatable bonds is 6. The zero-order valence-corrected chi connectivity index (χ0v) is 12.2. The number of hydrogen-bond acceptors (Lipinski definition) is 3. The maximum absolute atomic E-state index is 11.8. The van der Waals surface area contributed by atoms with Crippen LogP contribution in [0.15, 0.2) is 24.3 Å². The summed E-state index contributed by atoms with van der Waals surface area (Å²) in [6.45, 7) is 4.06. The van der Waals surface area contributed by atoms with E-state index in [1.54, 1.807) is 26.1 Å². The molecule has 0 bridgehead atoms. The van der Waals surface area contributed by atoms with E-state index in [1.165, 1.54) is 4.90 Å². The quantitative estimate of drug-likeness (QED) is 0.814. The molecule has 1 aromatic carbocycles. The smallest absolute Gasteiger partial charge is 0.251 e. The van der Waals surface area contributed by atoms with Crippen molar-refractivity contribution in [3.63, 3.8) is 0 Å². The van der Waals surface area contributed by atoms with Crippen molar-refractivity contribution in [3.8, 4) is 0 Å². The second kappa shape index (κ2) is 7.65. The van der Waals surface area contributed by atoms with E-state index >= 15 is 0 Å². The van der Waals surface area contributed by atoms with Gasteiger partial charge in [0.15, 0.2) is 0 Å². The van der Waals surface area contributed by atoms with E-state index in [4.69, 9.17) is 5.11 Å². The van der Waals surface area contributed by atoms with E-state index in [9.17, 15) is 9.59 Å². The molecular weight excluding hydrogens is 256 g/mol. The van der Waals surface area contributed by atoms with Gasteiger partial charge in [-0.15, -0.1) is 0 Å². The van der Waals surface area contributed by atoms with Crippen LogP contribution in [0.1, 0.15) is 29.3 Å².